The van der Waals surface area contributed by atoms with Crippen molar-refractivity contribution >= 4 is 29.2 Å². The minimum atomic E-state index is -0.441. The minimum absolute atomic E-state index is 0.136. The predicted octanol–water partition coefficient (Wildman–Crippen LogP) is 2.75. The Kier molecular flexibility index (Phi) is 4.34. The third-order valence-electron chi connectivity index (χ3n) is 5.16. The molecule has 3 rings (SSSR count). The van der Waals surface area contributed by atoms with Gasteiger partial charge in [0.25, 0.3) is 0 Å². The lowest BCUT2D eigenvalue weighted by atomic mass is 9.71. The molecule has 124 valence electrons. The Bertz CT molecular complexity index is 639. The van der Waals surface area contributed by atoms with E-state index in [9.17, 15) is 9.59 Å². The van der Waals surface area contributed by atoms with Crippen LogP contribution in [0.2, 0.25) is 5.02 Å². The molecule has 1 heterocycles. The summed E-state index contributed by atoms with van der Waals surface area (Å²) < 4.78 is 4.69. The number of halogens is 1. The van der Waals surface area contributed by atoms with Crippen LogP contribution in [0.15, 0.2) is 18.2 Å². The van der Waals surface area contributed by atoms with Crippen LogP contribution in [0.1, 0.15) is 42.5 Å². The molecule has 1 amide bonds. The maximum atomic E-state index is 13.0. The summed E-state index contributed by atoms with van der Waals surface area (Å²) in [5.74, 6) is -0.305. The maximum Gasteiger partial charge on any atom is 0.337 e. The molecule has 1 aliphatic heterocycles. The van der Waals surface area contributed by atoms with Crippen molar-refractivity contribution < 1.29 is 14.3 Å². The summed E-state index contributed by atoms with van der Waals surface area (Å²) >= 11 is 6.30. The minimum Gasteiger partial charge on any atom is -0.465 e. The molecule has 2 fully saturated rings. The van der Waals surface area contributed by atoms with Crippen LogP contribution in [-0.2, 0) is 9.53 Å². The fourth-order valence-corrected chi connectivity index (χ4v) is 3.96. The molecule has 0 atom stereocenters. The molecule has 1 saturated heterocycles. The number of nitrogens with two attached hydrogens (primary N) is 1. The number of amides is 1. The number of methoxy groups -OCH3 is 1. The maximum absolute atomic E-state index is 13.0. The quantitative estimate of drug-likeness (QED) is 0.843. The first kappa shape index (κ1) is 16.3. The van der Waals surface area contributed by atoms with Gasteiger partial charge in [-0.05, 0) is 50.3 Å². The summed E-state index contributed by atoms with van der Waals surface area (Å²) in [4.78, 5) is 26.3. The predicted molar refractivity (Wildman–Crippen MR) is 88.6 cm³/mol. The molecular weight excluding hydrogens is 316 g/mol. The van der Waals surface area contributed by atoms with Gasteiger partial charge in [0.1, 0.15) is 0 Å². The van der Waals surface area contributed by atoms with Crippen molar-refractivity contribution in [3.63, 3.8) is 0 Å². The van der Waals surface area contributed by atoms with Crippen molar-refractivity contribution in [3.05, 3.63) is 28.8 Å². The molecule has 2 N–H and O–H groups in total. The number of anilines is 1. The molecule has 6 heteroatoms. The van der Waals surface area contributed by atoms with Gasteiger partial charge in [0.2, 0.25) is 5.91 Å². The number of nitrogens with zero attached hydrogens (tertiary/aromatic N) is 1. The number of carbonyl (C=O) groups excluding carboxylic acids is 2. The zero-order valence-corrected chi connectivity index (χ0v) is 13.9. The van der Waals surface area contributed by atoms with Crippen LogP contribution in [0.5, 0.6) is 0 Å². The zero-order valence-electron chi connectivity index (χ0n) is 13.2. The molecule has 0 bridgehead atoms. The first-order valence-corrected chi connectivity index (χ1v) is 8.30. The lowest BCUT2D eigenvalue weighted by molar-refractivity contribution is -0.127. The summed E-state index contributed by atoms with van der Waals surface area (Å²) in [6.07, 6.45) is 4.33. The van der Waals surface area contributed by atoms with Crippen LogP contribution in [0.4, 0.5) is 5.69 Å². The Morgan fingerprint density at radius 2 is 2.04 bits per heavy atom. The number of hydrogen-bond donors (Lipinski definition) is 1. The van der Waals surface area contributed by atoms with E-state index in [1.54, 1.807) is 23.1 Å². The Morgan fingerprint density at radius 1 is 1.35 bits per heavy atom. The highest BCUT2D eigenvalue weighted by Gasteiger charge is 2.48. The van der Waals surface area contributed by atoms with E-state index in [1.807, 2.05) is 0 Å². The van der Waals surface area contributed by atoms with Crippen molar-refractivity contribution in [3.8, 4) is 0 Å². The Labute approximate surface area is 140 Å². The summed E-state index contributed by atoms with van der Waals surface area (Å²) in [6, 6.07) is 5.13. The monoisotopic (exact) mass is 336 g/mol. The van der Waals surface area contributed by atoms with Gasteiger partial charge in [0.15, 0.2) is 0 Å². The molecular formula is C17H21ClN2O3. The topological polar surface area (TPSA) is 72.6 Å². The van der Waals surface area contributed by atoms with E-state index in [0.717, 1.165) is 32.1 Å². The van der Waals surface area contributed by atoms with Gasteiger partial charge >= 0.3 is 5.97 Å². The Hall–Kier alpha value is -1.59. The molecule has 1 aliphatic carbocycles. The Balaban J connectivity index is 1.83. The SMILES string of the molecule is COC(=O)c1ccc(N2CCC3(CCC(N)CC3)C2=O)c(Cl)c1. The van der Waals surface area contributed by atoms with Crippen molar-refractivity contribution in [2.75, 3.05) is 18.6 Å². The van der Waals surface area contributed by atoms with Gasteiger partial charge in [-0.15, -0.1) is 0 Å². The van der Waals surface area contributed by atoms with Crippen LogP contribution in [-0.4, -0.2) is 31.6 Å². The van der Waals surface area contributed by atoms with Crippen molar-refractivity contribution in [2.24, 2.45) is 11.1 Å². The van der Waals surface area contributed by atoms with E-state index in [0.29, 0.717) is 22.8 Å². The number of esters is 1. The summed E-state index contributed by atoms with van der Waals surface area (Å²) in [5.41, 5.74) is 6.74. The number of benzene rings is 1. The highest BCUT2D eigenvalue weighted by Crippen LogP contribution is 2.46. The molecule has 1 aromatic rings. The van der Waals surface area contributed by atoms with E-state index < -0.39 is 5.97 Å². The highest BCUT2D eigenvalue weighted by atomic mass is 35.5. The average molecular weight is 337 g/mol. The molecule has 2 aliphatic rings. The van der Waals surface area contributed by atoms with Crippen LogP contribution < -0.4 is 10.6 Å². The van der Waals surface area contributed by atoms with E-state index in [2.05, 4.69) is 4.74 Å². The second-order valence-corrected chi connectivity index (χ2v) is 6.89. The van der Waals surface area contributed by atoms with Crippen LogP contribution in [0, 0.1) is 5.41 Å². The number of rotatable bonds is 2. The van der Waals surface area contributed by atoms with Gasteiger partial charge in [0, 0.05) is 12.6 Å². The average Bonchev–Trinajstić information content (AvgIpc) is 2.86. The van der Waals surface area contributed by atoms with Crippen molar-refractivity contribution in [1.29, 1.82) is 0 Å². The van der Waals surface area contributed by atoms with Crippen molar-refractivity contribution in [1.82, 2.24) is 0 Å². The van der Waals surface area contributed by atoms with E-state index in [4.69, 9.17) is 17.3 Å². The second-order valence-electron chi connectivity index (χ2n) is 6.48. The normalized spacial score (nSPS) is 27.5. The van der Waals surface area contributed by atoms with E-state index in [1.165, 1.54) is 7.11 Å². The molecule has 0 radical (unpaired) electrons. The van der Waals surface area contributed by atoms with Gasteiger partial charge in [-0.3, -0.25) is 4.79 Å². The molecule has 0 unspecified atom stereocenters. The summed E-state index contributed by atoms with van der Waals surface area (Å²) in [6.45, 7) is 0.658. The Morgan fingerprint density at radius 3 is 2.65 bits per heavy atom. The number of hydrogen-bond acceptors (Lipinski definition) is 4. The fraction of sp³-hybridized carbons (Fsp3) is 0.529. The molecule has 0 aromatic heterocycles. The molecule has 1 aromatic carbocycles. The van der Waals surface area contributed by atoms with Gasteiger partial charge < -0.3 is 15.4 Å². The number of carbonyl (C=O) groups is 2. The van der Waals surface area contributed by atoms with E-state index in [-0.39, 0.29) is 17.4 Å². The van der Waals surface area contributed by atoms with Gasteiger partial charge in [-0.25, -0.2) is 4.79 Å². The summed E-state index contributed by atoms with van der Waals surface area (Å²) in [7, 11) is 1.33. The highest BCUT2D eigenvalue weighted by molar-refractivity contribution is 6.34. The third kappa shape index (κ3) is 2.83. The zero-order chi connectivity index (χ0) is 16.6. The van der Waals surface area contributed by atoms with E-state index >= 15 is 0 Å². The lowest BCUT2D eigenvalue weighted by Gasteiger charge is -2.34. The summed E-state index contributed by atoms with van der Waals surface area (Å²) in [5, 5.41) is 0.394. The first-order chi connectivity index (χ1) is 11.0. The lowest BCUT2D eigenvalue weighted by Crippen LogP contribution is -2.40. The van der Waals surface area contributed by atoms with Gasteiger partial charge in [0.05, 0.1) is 28.8 Å². The van der Waals surface area contributed by atoms with Crippen LogP contribution >= 0.6 is 11.6 Å². The van der Waals surface area contributed by atoms with Crippen LogP contribution in [0.25, 0.3) is 0 Å². The van der Waals surface area contributed by atoms with Gasteiger partial charge in [-0.1, -0.05) is 11.6 Å². The molecule has 1 spiro atoms. The van der Waals surface area contributed by atoms with Gasteiger partial charge in [-0.2, -0.15) is 0 Å². The molecule has 5 nitrogen and oxygen atoms in total. The third-order valence-corrected chi connectivity index (χ3v) is 5.46. The number of ether oxygens (including phenoxy) is 1. The molecule has 1 saturated carbocycles. The van der Waals surface area contributed by atoms with Crippen LogP contribution in [0.3, 0.4) is 0 Å². The first-order valence-electron chi connectivity index (χ1n) is 7.92. The second kappa shape index (κ2) is 6.13. The fourth-order valence-electron chi connectivity index (χ4n) is 3.68. The smallest absolute Gasteiger partial charge is 0.337 e. The van der Waals surface area contributed by atoms with Crippen molar-refractivity contribution in [2.45, 2.75) is 38.1 Å². The largest absolute Gasteiger partial charge is 0.465 e. The molecule has 23 heavy (non-hydrogen) atoms. The standard InChI is InChI=1S/C17H21ClN2O3/c1-23-15(21)11-2-3-14(13(18)10-11)20-9-8-17(16(20)22)6-4-12(19)5-7-17/h2-3,10,12H,4-9,19H2,1H3.